The number of hydrogen-bond donors (Lipinski definition) is 0. The van der Waals surface area contributed by atoms with E-state index in [0.29, 0.717) is 5.89 Å². The first-order valence-corrected chi connectivity index (χ1v) is 6.46. The minimum atomic E-state index is 0.696. The van der Waals surface area contributed by atoms with Crippen molar-refractivity contribution in [2.75, 3.05) is 0 Å². The van der Waals surface area contributed by atoms with Crippen LogP contribution in [0.15, 0.2) is 51.6 Å². The maximum atomic E-state index is 5.49. The Balaban J connectivity index is 1.71. The first-order chi connectivity index (χ1) is 9.78. The average molecular weight is 264 g/mol. The number of oxazole rings is 2. The number of aromatic nitrogens is 2. The smallest absolute Gasteiger partial charge is 0.192 e. The maximum absolute atomic E-state index is 5.49. The number of hydrogen-bond acceptors (Lipinski definition) is 4. The second-order valence-electron chi connectivity index (χ2n) is 4.87. The van der Waals surface area contributed by atoms with E-state index < -0.39 is 0 Å². The Kier molecular flexibility index (Phi) is 2.36. The van der Waals surface area contributed by atoms with Crippen molar-refractivity contribution in [1.82, 2.24) is 9.97 Å². The Labute approximate surface area is 115 Å². The summed E-state index contributed by atoms with van der Waals surface area (Å²) in [6.07, 6.45) is 2.31. The predicted molar refractivity (Wildman–Crippen MR) is 75.6 cm³/mol. The molecule has 0 unspecified atom stereocenters. The fourth-order valence-electron chi connectivity index (χ4n) is 2.45. The SMILES string of the molecule is Cc1nc2cc(Cc3ccc4ocnc4c3)ccc2o1. The third-order valence-electron chi connectivity index (χ3n) is 3.36. The number of benzene rings is 2. The van der Waals surface area contributed by atoms with Crippen LogP contribution >= 0.6 is 0 Å². The standard InChI is InChI=1S/C16H12N2O2/c1-10-18-14-8-12(3-5-16(14)20-10)6-11-2-4-15-13(7-11)17-9-19-15/h2-5,7-9H,6H2,1H3. The molecule has 0 aliphatic carbocycles. The summed E-state index contributed by atoms with van der Waals surface area (Å²) in [5.41, 5.74) is 5.84. The molecule has 0 atom stereocenters. The monoisotopic (exact) mass is 264 g/mol. The molecule has 0 radical (unpaired) electrons. The normalized spacial score (nSPS) is 11.4. The highest BCUT2D eigenvalue weighted by Crippen LogP contribution is 2.20. The fourth-order valence-corrected chi connectivity index (χ4v) is 2.45. The topological polar surface area (TPSA) is 52.1 Å². The maximum Gasteiger partial charge on any atom is 0.192 e. The number of rotatable bonds is 2. The molecule has 4 heteroatoms. The molecule has 0 aliphatic rings. The molecule has 20 heavy (non-hydrogen) atoms. The van der Waals surface area contributed by atoms with E-state index in [-0.39, 0.29) is 0 Å². The van der Waals surface area contributed by atoms with Crippen molar-refractivity contribution in [1.29, 1.82) is 0 Å². The van der Waals surface area contributed by atoms with E-state index in [2.05, 4.69) is 34.2 Å². The molecule has 0 N–H and O–H groups in total. The van der Waals surface area contributed by atoms with Crippen molar-refractivity contribution >= 4 is 22.2 Å². The van der Waals surface area contributed by atoms with Gasteiger partial charge in [-0.25, -0.2) is 9.97 Å². The molecule has 0 amide bonds. The fraction of sp³-hybridized carbons (Fsp3) is 0.125. The van der Waals surface area contributed by atoms with Gasteiger partial charge in [0.2, 0.25) is 0 Å². The van der Waals surface area contributed by atoms with Crippen LogP contribution in [-0.4, -0.2) is 9.97 Å². The Hall–Kier alpha value is -2.62. The van der Waals surface area contributed by atoms with Crippen molar-refractivity contribution in [2.24, 2.45) is 0 Å². The minimum absolute atomic E-state index is 0.696. The van der Waals surface area contributed by atoms with Crippen LogP contribution in [0, 0.1) is 6.92 Å². The van der Waals surface area contributed by atoms with Crippen LogP contribution in [0.4, 0.5) is 0 Å². The second kappa shape index (κ2) is 4.20. The van der Waals surface area contributed by atoms with E-state index >= 15 is 0 Å². The number of nitrogens with zero attached hydrogens (tertiary/aromatic N) is 2. The highest BCUT2D eigenvalue weighted by molar-refractivity contribution is 5.74. The van der Waals surface area contributed by atoms with Crippen LogP contribution < -0.4 is 0 Å². The first-order valence-electron chi connectivity index (χ1n) is 6.46. The van der Waals surface area contributed by atoms with E-state index in [0.717, 1.165) is 28.6 Å². The average Bonchev–Trinajstić information content (AvgIpc) is 3.02. The van der Waals surface area contributed by atoms with E-state index in [1.54, 1.807) is 0 Å². The first kappa shape index (κ1) is 11.2. The largest absolute Gasteiger partial charge is 0.443 e. The van der Waals surface area contributed by atoms with Gasteiger partial charge in [-0.05, 0) is 41.8 Å². The second-order valence-corrected chi connectivity index (χ2v) is 4.87. The van der Waals surface area contributed by atoms with Gasteiger partial charge < -0.3 is 8.83 Å². The van der Waals surface area contributed by atoms with Gasteiger partial charge in [0.05, 0.1) is 0 Å². The summed E-state index contributed by atoms with van der Waals surface area (Å²) in [5, 5.41) is 0. The molecule has 0 fully saturated rings. The van der Waals surface area contributed by atoms with Crippen LogP contribution in [-0.2, 0) is 6.42 Å². The van der Waals surface area contributed by atoms with Gasteiger partial charge in [0.1, 0.15) is 11.0 Å². The quantitative estimate of drug-likeness (QED) is 0.551. The van der Waals surface area contributed by atoms with Gasteiger partial charge in [0, 0.05) is 6.92 Å². The van der Waals surface area contributed by atoms with Gasteiger partial charge in [-0.3, -0.25) is 0 Å². The molecule has 0 bridgehead atoms. The zero-order chi connectivity index (χ0) is 13.5. The lowest BCUT2D eigenvalue weighted by molar-refractivity contribution is 0.561. The Morgan fingerprint density at radius 3 is 2.55 bits per heavy atom. The Morgan fingerprint density at radius 2 is 1.70 bits per heavy atom. The molecule has 0 saturated carbocycles. The van der Waals surface area contributed by atoms with Gasteiger partial charge in [0.15, 0.2) is 23.5 Å². The summed E-state index contributed by atoms with van der Waals surface area (Å²) in [5.74, 6) is 0.696. The third kappa shape index (κ3) is 1.86. The highest BCUT2D eigenvalue weighted by atomic mass is 16.3. The van der Waals surface area contributed by atoms with E-state index in [4.69, 9.17) is 8.83 Å². The van der Waals surface area contributed by atoms with Crippen LogP contribution in [0.3, 0.4) is 0 Å². The van der Waals surface area contributed by atoms with Crippen LogP contribution in [0.25, 0.3) is 22.2 Å². The molecule has 0 spiro atoms. The molecule has 2 aromatic carbocycles. The molecule has 2 heterocycles. The third-order valence-corrected chi connectivity index (χ3v) is 3.36. The zero-order valence-corrected chi connectivity index (χ0v) is 11.0. The minimum Gasteiger partial charge on any atom is -0.443 e. The summed E-state index contributed by atoms with van der Waals surface area (Å²) in [6, 6.07) is 12.2. The molecule has 0 saturated heterocycles. The lowest BCUT2D eigenvalue weighted by Gasteiger charge is -2.01. The molecular formula is C16H12N2O2. The summed E-state index contributed by atoms with van der Waals surface area (Å²) < 4.78 is 10.7. The molecular weight excluding hydrogens is 252 g/mol. The summed E-state index contributed by atoms with van der Waals surface area (Å²) in [6.45, 7) is 1.86. The summed E-state index contributed by atoms with van der Waals surface area (Å²) in [7, 11) is 0. The van der Waals surface area contributed by atoms with Crippen LogP contribution in [0.5, 0.6) is 0 Å². The van der Waals surface area contributed by atoms with Crippen molar-refractivity contribution < 1.29 is 8.83 Å². The van der Waals surface area contributed by atoms with Crippen LogP contribution in [0.2, 0.25) is 0 Å². The lowest BCUT2D eigenvalue weighted by Crippen LogP contribution is -1.88. The van der Waals surface area contributed by atoms with Crippen molar-refractivity contribution in [3.8, 4) is 0 Å². The summed E-state index contributed by atoms with van der Waals surface area (Å²) >= 11 is 0. The number of fused-ring (bicyclic) bond motifs is 2. The molecule has 2 aromatic heterocycles. The Morgan fingerprint density at radius 1 is 0.950 bits per heavy atom. The summed E-state index contributed by atoms with van der Waals surface area (Å²) in [4.78, 5) is 8.54. The molecule has 98 valence electrons. The van der Waals surface area contributed by atoms with Crippen molar-refractivity contribution in [2.45, 2.75) is 13.3 Å². The van der Waals surface area contributed by atoms with Crippen molar-refractivity contribution in [3.05, 3.63) is 59.8 Å². The zero-order valence-electron chi connectivity index (χ0n) is 11.0. The van der Waals surface area contributed by atoms with Crippen molar-refractivity contribution in [3.63, 3.8) is 0 Å². The van der Waals surface area contributed by atoms with Gasteiger partial charge in [-0.1, -0.05) is 12.1 Å². The van der Waals surface area contributed by atoms with Gasteiger partial charge in [-0.2, -0.15) is 0 Å². The van der Waals surface area contributed by atoms with E-state index in [1.165, 1.54) is 17.5 Å². The van der Waals surface area contributed by atoms with Crippen LogP contribution in [0.1, 0.15) is 17.0 Å². The molecule has 4 rings (SSSR count). The van der Waals surface area contributed by atoms with Gasteiger partial charge >= 0.3 is 0 Å². The highest BCUT2D eigenvalue weighted by Gasteiger charge is 2.05. The number of aryl methyl sites for hydroxylation is 1. The molecule has 4 aromatic rings. The molecule has 4 nitrogen and oxygen atoms in total. The lowest BCUT2D eigenvalue weighted by atomic mass is 10.0. The van der Waals surface area contributed by atoms with E-state index in [9.17, 15) is 0 Å². The Bertz CT molecular complexity index is 905. The van der Waals surface area contributed by atoms with Gasteiger partial charge in [0.25, 0.3) is 0 Å². The molecule has 0 aliphatic heterocycles. The predicted octanol–water partition coefficient (Wildman–Crippen LogP) is 3.87. The van der Waals surface area contributed by atoms with Gasteiger partial charge in [-0.15, -0.1) is 0 Å². The van der Waals surface area contributed by atoms with E-state index in [1.807, 2.05) is 19.1 Å².